The molecule has 3 aliphatic rings. The van der Waals surface area contributed by atoms with E-state index in [0.717, 1.165) is 69.4 Å². The zero-order valence-corrected chi connectivity index (χ0v) is 19.9. The largest absolute Gasteiger partial charge is 0.383 e. The molecule has 1 aromatic carbocycles. The number of ether oxygens (including phenoxy) is 1. The molecule has 0 spiro atoms. The molecule has 1 aromatic heterocycles. The number of methoxy groups -OCH3 is 1. The molecule has 2 aliphatic heterocycles. The Morgan fingerprint density at radius 1 is 1.09 bits per heavy atom. The molecule has 1 aliphatic carbocycles. The molecule has 5 nitrogen and oxygen atoms in total. The van der Waals surface area contributed by atoms with Gasteiger partial charge in [-0.15, -0.1) is 0 Å². The van der Waals surface area contributed by atoms with Crippen molar-refractivity contribution >= 4 is 16.8 Å². The Morgan fingerprint density at radius 2 is 1.88 bits per heavy atom. The fourth-order valence-corrected chi connectivity index (χ4v) is 6.19. The van der Waals surface area contributed by atoms with Crippen LogP contribution in [0, 0.1) is 11.8 Å². The van der Waals surface area contributed by atoms with E-state index in [4.69, 9.17) is 4.74 Å². The predicted octanol–water partition coefficient (Wildman–Crippen LogP) is 4.71. The summed E-state index contributed by atoms with van der Waals surface area (Å²) in [5, 5.41) is 1.28. The van der Waals surface area contributed by atoms with Crippen molar-refractivity contribution in [3.8, 4) is 0 Å². The van der Waals surface area contributed by atoms with Crippen molar-refractivity contribution in [3.63, 3.8) is 0 Å². The van der Waals surface area contributed by atoms with E-state index in [1.165, 1.54) is 54.4 Å². The highest BCUT2D eigenvalue weighted by Crippen LogP contribution is 2.34. The molecule has 174 valence electrons. The van der Waals surface area contributed by atoms with Gasteiger partial charge in [0, 0.05) is 75.0 Å². The summed E-state index contributed by atoms with van der Waals surface area (Å²) in [4.78, 5) is 18.0. The van der Waals surface area contributed by atoms with E-state index < -0.39 is 0 Å². The quantitative estimate of drug-likeness (QED) is 0.657. The first-order chi connectivity index (χ1) is 15.6. The molecule has 3 heterocycles. The third kappa shape index (κ3) is 4.34. The molecule has 1 amide bonds. The predicted molar refractivity (Wildman–Crippen MR) is 129 cm³/mol. The molecular weight excluding hydrogens is 398 g/mol. The average molecular weight is 438 g/mol. The smallest absolute Gasteiger partial charge is 0.253 e. The Bertz CT molecular complexity index is 951. The maximum absolute atomic E-state index is 13.3. The van der Waals surface area contributed by atoms with Crippen molar-refractivity contribution in [2.24, 2.45) is 11.8 Å². The third-order valence-corrected chi connectivity index (χ3v) is 8.16. The van der Waals surface area contributed by atoms with E-state index in [0.29, 0.717) is 6.61 Å². The van der Waals surface area contributed by atoms with E-state index in [1.807, 2.05) is 6.07 Å². The number of hydrogen-bond donors (Lipinski definition) is 0. The summed E-state index contributed by atoms with van der Waals surface area (Å²) >= 11 is 0. The number of fused-ring (bicyclic) bond motifs is 3. The van der Waals surface area contributed by atoms with Crippen LogP contribution in [0.15, 0.2) is 18.2 Å². The highest BCUT2D eigenvalue weighted by molar-refractivity contribution is 5.99. The Hall–Kier alpha value is -1.85. The first kappa shape index (κ1) is 22.0. The highest BCUT2D eigenvalue weighted by atomic mass is 16.5. The molecule has 5 heteroatoms. The minimum atomic E-state index is 0.204. The third-order valence-electron chi connectivity index (χ3n) is 8.16. The molecule has 0 N–H and O–H groups in total. The lowest BCUT2D eigenvalue weighted by molar-refractivity contribution is 0.0697. The van der Waals surface area contributed by atoms with Gasteiger partial charge in [0.05, 0.1) is 6.61 Å². The van der Waals surface area contributed by atoms with E-state index in [1.54, 1.807) is 7.11 Å². The van der Waals surface area contributed by atoms with Crippen molar-refractivity contribution in [2.45, 2.75) is 65.0 Å². The van der Waals surface area contributed by atoms with Crippen LogP contribution in [0.3, 0.4) is 0 Å². The van der Waals surface area contributed by atoms with Crippen LogP contribution in [0.2, 0.25) is 0 Å². The maximum Gasteiger partial charge on any atom is 0.253 e. The topological polar surface area (TPSA) is 37.7 Å². The van der Waals surface area contributed by atoms with Gasteiger partial charge in [0.15, 0.2) is 0 Å². The summed E-state index contributed by atoms with van der Waals surface area (Å²) in [5.41, 5.74) is 5.02. The van der Waals surface area contributed by atoms with Crippen LogP contribution in [0.25, 0.3) is 10.9 Å². The van der Waals surface area contributed by atoms with Gasteiger partial charge in [-0.05, 0) is 61.3 Å². The fourth-order valence-electron chi connectivity index (χ4n) is 6.19. The average Bonchev–Trinajstić information content (AvgIpc) is 3.43. The maximum atomic E-state index is 13.3. The van der Waals surface area contributed by atoms with Gasteiger partial charge < -0.3 is 14.2 Å². The minimum Gasteiger partial charge on any atom is -0.383 e. The Labute approximate surface area is 192 Å². The molecule has 1 saturated heterocycles. The number of hydrogen-bond acceptors (Lipinski definition) is 3. The highest BCUT2D eigenvalue weighted by Gasteiger charge is 2.28. The normalized spacial score (nSPS) is 20.9. The molecule has 32 heavy (non-hydrogen) atoms. The van der Waals surface area contributed by atoms with Crippen LogP contribution >= 0.6 is 0 Å². The second-order valence-electron chi connectivity index (χ2n) is 10.4. The van der Waals surface area contributed by atoms with Gasteiger partial charge in [-0.1, -0.05) is 19.8 Å². The van der Waals surface area contributed by atoms with Gasteiger partial charge in [-0.25, -0.2) is 0 Å². The summed E-state index contributed by atoms with van der Waals surface area (Å²) in [5.74, 6) is 1.81. The number of benzene rings is 1. The fraction of sp³-hybridized carbons (Fsp3) is 0.667. The molecule has 0 bridgehead atoms. The summed E-state index contributed by atoms with van der Waals surface area (Å²) < 4.78 is 7.88. The van der Waals surface area contributed by atoms with Crippen LogP contribution in [0.5, 0.6) is 0 Å². The van der Waals surface area contributed by atoms with Crippen molar-refractivity contribution < 1.29 is 9.53 Å². The number of carbonyl (C=O) groups is 1. The monoisotopic (exact) mass is 437 g/mol. The summed E-state index contributed by atoms with van der Waals surface area (Å²) in [6.45, 7) is 9.05. The zero-order chi connectivity index (χ0) is 22.1. The molecule has 5 rings (SSSR count). The van der Waals surface area contributed by atoms with Gasteiger partial charge in [0.1, 0.15) is 0 Å². The lowest BCUT2D eigenvalue weighted by Gasteiger charge is -2.30. The summed E-state index contributed by atoms with van der Waals surface area (Å²) in [6.07, 6.45) is 8.92. The van der Waals surface area contributed by atoms with Crippen molar-refractivity contribution in [1.82, 2.24) is 14.4 Å². The number of rotatable bonds is 6. The van der Waals surface area contributed by atoms with Crippen LogP contribution < -0.4 is 0 Å². The van der Waals surface area contributed by atoms with Gasteiger partial charge in [-0.2, -0.15) is 0 Å². The SMILES string of the molecule is COCCn1c2c(c3cc(C(=O)N4CCC(C)CC4)ccc31)CN(CC1CCCC1)CC2. The van der Waals surface area contributed by atoms with E-state index in [-0.39, 0.29) is 5.91 Å². The number of aromatic nitrogens is 1. The minimum absolute atomic E-state index is 0.204. The number of nitrogens with zero attached hydrogens (tertiary/aromatic N) is 3. The molecule has 2 fully saturated rings. The number of piperidine rings is 1. The Balaban J connectivity index is 1.45. The standard InChI is InChI=1S/C27H39N3O2/c1-20-9-13-29(14-10-20)27(31)22-7-8-25-23(17-22)24-19-28(18-21-5-3-4-6-21)12-11-26(24)30(25)15-16-32-2/h7-8,17,20-21H,3-6,9-16,18-19H2,1-2H3. The van der Waals surface area contributed by atoms with E-state index >= 15 is 0 Å². The molecular formula is C27H39N3O2. The number of likely N-dealkylation sites (tertiary alicyclic amines) is 1. The van der Waals surface area contributed by atoms with Gasteiger partial charge >= 0.3 is 0 Å². The molecule has 0 radical (unpaired) electrons. The summed E-state index contributed by atoms with van der Waals surface area (Å²) in [7, 11) is 1.78. The zero-order valence-electron chi connectivity index (χ0n) is 19.9. The lowest BCUT2D eigenvalue weighted by atomic mass is 9.98. The van der Waals surface area contributed by atoms with Crippen LogP contribution in [0.4, 0.5) is 0 Å². The Morgan fingerprint density at radius 3 is 2.62 bits per heavy atom. The second-order valence-corrected chi connectivity index (χ2v) is 10.4. The molecule has 1 saturated carbocycles. The van der Waals surface area contributed by atoms with Crippen LogP contribution in [0.1, 0.15) is 67.1 Å². The molecule has 2 aromatic rings. The summed E-state index contributed by atoms with van der Waals surface area (Å²) in [6, 6.07) is 6.43. The van der Waals surface area contributed by atoms with Crippen LogP contribution in [-0.4, -0.2) is 60.2 Å². The number of carbonyl (C=O) groups excluding carboxylic acids is 1. The van der Waals surface area contributed by atoms with Crippen molar-refractivity contribution in [2.75, 3.05) is 39.9 Å². The van der Waals surface area contributed by atoms with Gasteiger partial charge in [0.25, 0.3) is 5.91 Å². The van der Waals surface area contributed by atoms with Gasteiger partial charge in [-0.3, -0.25) is 9.69 Å². The first-order valence-corrected chi connectivity index (χ1v) is 12.8. The lowest BCUT2D eigenvalue weighted by Crippen LogP contribution is -2.37. The van der Waals surface area contributed by atoms with E-state index in [2.05, 4.69) is 33.4 Å². The van der Waals surface area contributed by atoms with Crippen molar-refractivity contribution in [1.29, 1.82) is 0 Å². The Kier molecular flexibility index (Phi) is 6.56. The number of amides is 1. The molecule has 0 unspecified atom stereocenters. The van der Waals surface area contributed by atoms with Crippen LogP contribution in [-0.2, 0) is 24.2 Å². The first-order valence-electron chi connectivity index (χ1n) is 12.8. The van der Waals surface area contributed by atoms with Gasteiger partial charge in [0.2, 0.25) is 0 Å². The van der Waals surface area contributed by atoms with E-state index in [9.17, 15) is 4.79 Å². The molecule has 0 atom stereocenters. The second kappa shape index (κ2) is 9.56. The van der Waals surface area contributed by atoms with Crippen molar-refractivity contribution in [3.05, 3.63) is 35.0 Å².